The first-order chi connectivity index (χ1) is 7.58. The van der Waals surface area contributed by atoms with E-state index in [1.807, 2.05) is 6.92 Å². The third kappa shape index (κ3) is 3.07. The first-order valence-electron chi connectivity index (χ1n) is 4.93. The number of hydrogen-bond acceptors (Lipinski definition) is 3. The predicted molar refractivity (Wildman–Crippen MR) is 63.9 cm³/mol. The SMILES string of the molecule is CCOC(=O)Cc1cc(C#N)cc(Br)c1C. The summed E-state index contributed by atoms with van der Waals surface area (Å²) in [7, 11) is 0. The molecule has 0 aromatic heterocycles. The molecule has 0 atom stereocenters. The van der Waals surface area contributed by atoms with Crippen molar-refractivity contribution in [2.45, 2.75) is 20.3 Å². The van der Waals surface area contributed by atoms with Gasteiger partial charge in [-0.05, 0) is 37.1 Å². The van der Waals surface area contributed by atoms with Gasteiger partial charge in [-0.25, -0.2) is 0 Å². The fourth-order valence-electron chi connectivity index (χ4n) is 1.35. The van der Waals surface area contributed by atoms with Crippen LogP contribution < -0.4 is 0 Å². The summed E-state index contributed by atoms with van der Waals surface area (Å²) in [5, 5.41) is 8.83. The van der Waals surface area contributed by atoms with Crippen LogP contribution in [0.4, 0.5) is 0 Å². The number of nitrogens with zero attached hydrogens (tertiary/aromatic N) is 1. The van der Waals surface area contributed by atoms with E-state index in [1.165, 1.54) is 0 Å². The maximum atomic E-state index is 11.4. The second-order valence-electron chi connectivity index (χ2n) is 3.34. The Morgan fingerprint density at radius 2 is 2.25 bits per heavy atom. The second kappa shape index (κ2) is 5.66. The summed E-state index contributed by atoms with van der Waals surface area (Å²) in [5.74, 6) is -0.271. The van der Waals surface area contributed by atoms with Gasteiger partial charge >= 0.3 is 5.97 Å². The quantitative estimate of drug-likeness (QED) is 0.801. The number of carbonyl (C=O) groups is 1. The van der Waals surface area contributed by atoms with Crippen LogP contribution in [-0.2, 0) is 16.0 Å². The van der Waals surface area contributed by atoms with Crippen molar-refractivity contribution >= 4 is 21.9 Å². The highest BCUT2D eigenvalue weighted by molar-refractivity contribution is 9.10. The molecule has 0 saturated heterocycles. The normalized spacial score (nSPS) is 9.62. The third-order valence-electron chi connectivity index (χ3n) is 2.22. The summed E-state index contributed by atoms with van der Waals surface area (Å²) in [4.78, 5) is 11.4. The van der Waals surface area contributed by atoms with Crippen LogP contribution in [-0.4, -0.2) is 12.6 Å². The van der Waals surface area contributed by atoms with Crippen LogP contribution in [0.1, 0.15) is 23.6 Å². The van der Waals surface area contributed by atoms with Gasteiger partial charge < -0.3 is 4.74 Å². The van der Waals surface area contributed by atoms with E-state index in [0.29, 0.717) is 12.2 Å². The average molecular weight is 282 g/mol. The van der Waals surface area contributed by atoms with Gasteiger partial charge in [0.25, 0.3) is 0 Å². The van der Waals surface area contributed by atoms with Crippen LogP contribution in [0.2, 0.25) is 0 Å². The largest absolute Gasteiger partial charge is 0.466 e. The number of nitriles is 1. The van der Waals surface area contributed by atoms with Crippen molar-refractivity contribution in [2.24, 2.45) is 0 Å². The third-order valence-corrected chi connectivity index (χ3v) is 3.04. The Bertz CT molecular complexity index is 449. The molecule has 16 heavy (non-hydrogen) atoms. The van der Waals surface area contributed by atoms with E-state index in [1.54, 1.807) is 19.1 Å². The smallest absolute Gasteiger partial charge is 0.310 e. The second-order valence-corrected chi connectivity index (χ2v) is 4.19. The standard InChI is InChI=1S/C12H12BrNO2/c1-3-16-12(15)6-10-4-9(7-14)5-11(13)8(10)2/h4-5H,3,6H2,1-2H3. The van der Waals surface area contributed by atoms with E-state index in [-0.39, 0.29) is 12.4 Å². The minimum absolute atomic E-state index is 0.202. The van der Waals surface area contributed by atoms with E-state index in [4.69, 9.17) is 10.00 Å². The van der Waals surface area contributed by atoms with E-state index >= 15 is 0 Å². The van der Waals surface area contributed by atoms with Gasteiger partial charge in [0.05, 0.1) is 24.7 Å². The summed E-state index contributed by atoms with van der Waals surface area (Å²) in [6.07, 6.45) is 0.202. The minimum atomic E-state index is -0.271. The molecule has 0 spiro atoms. The van der Waals surface area contributed by atoms with Crippen LogP contribution in [0.15, 0.2) is 16.6 Å². The van der Waals surface area contributed by atoms with E-state index in [9.17, 15) is 4.79 Å². The van der Waals surface area contributed by atoms with Crippen LogP contribution in [0.5, 0.6) is 0 Å². The van der Waals surface area contributed by atoms with Gasteiger partial charge in [-0.3, -0.25) is 4.79 Å². The summed E-state index contributed by atoms with van der Waals surface area (Å²) in [5.41, 5.74) is 2.33. The van der Waals surface area contributed by atoms with Gasteiger partial charge in [0.1, 0.15) is 0 Å². The van der Waals surface area contributed by atoms with Crippen molar-refractivity contribution < 1.29 is 9.53 Å². The summed E-state index contributed by atoms with van der Waals surface area (Å²) >= 11 is 3.36. The van der Waals surface area contributed by atoms with Crippen molar-refractivity contribution in [3.05, 3.63) is 33.3 Å². The number of rotatable bonds is 3. The van der Waals surface area contributed by atoms with Crippen LogP contribution in [0, 0.1) is 18.3 Å². The molecule has 84 valence electrons. The van der Waals surface area contributed by atoms with Crippen molar-refractivity contribution in [3.8, 4) is 6.07 Å². The van der Waals surface area contributed by atoms with Crippen LogP contribution >= 0.6 is 15.9 Å². The molecule has 0 unspecified atom stereocenters. The summed E-state index contributed by atoms with van der Waals surface area (Å²) in [6.45, 7) is 4.04. The maximum absolute atomic E-state index is 11.4. The maximum Gasteiger partial charge on any atom is 0.310 e. The molecule has 3 nitrogen and oxygen atoms in total. The van der Waals surface area contributed by atoms with E-state index in [2.05, 4.69) is 22.0 Å². The minimum Gasteiger partial charge on any atom is -0.466 e. The molecule has 1 rings (SSSR count). The van der Waals surface area contributed by atoms with Crippen molar-refractivity contribution in [3.63, 3.8) is 0 Å². The van der Waals surface area contributed by atoms with Gasteiger partial charge in [-0.15, -0.1) is 0 Å². The van der Waals surface area contributed by atoms with Crippen molar-refractivity contribution in [1.82, 2.24) is 0 Å². The highest BCUT2D eigenvalue weighted by Gasteiger charge is 2.10. The molecule has 1 aromatic carbocycles. The van der Waals surface area contributed by atoms with Gasteiger partial charge in [-0.1, -0.05) is 15.9 Å². The molecule has 1 aromatic rings. The highest BCUT2D eigenvalue weighted by atomic mass is 79.9. The lowest BCUT2D eigenvalue weighted by atomic mass is 10.0. The monoisotopic (exact) mass is 281 g/mol. The molecule has 0 bridgehead atoms. The lowest BCUT2D eigenvalue weighted by Gasteiger charge is -2.08. The van der Waals surface area contributed by atoms with Crippen LogP contribution in [0.3, 0.4) is 0 Å². The Morgan fingerprint density at radius 1 is 1.56 bits per heavy atom. The highest BCUT2D eigenvalue weighted by Crippen LogP contribution is 2.22. The lowest BCUT2D eigenvalue weighted by Crippen LogP contribution is -2.09. The molecule has 0 saturated carbocycles. The van der Waals surface area contributed by atoms with Gasteiger partial charge in [0.2, 0.25) is 0 Å². The van der Waals surface area contributed by atoms with Crippen molar-refractivity contribution in [2.75, 3.05) is 6.61 Å². The molecule has 0 aliphatic rings. The fraction of sp³-hybridized carbons (Fsp3) is 0.333. The molecule has 0 aliphatic carbocycles. The molecular formula is C12H12BrNO2. The zero-order valence-electron chi connectivity index (χ0n) is 9.21. The van der Waals surface area contributed by atoms with Gasteiger partial charge in [-0.2, -0.15) is 5.26 Å². The fourth-order valence-corrected chi connectivity index (χ4v) is 1.85. The number of hydrogen-bond donors (Lipinski definition) is 0. The zero-order valence-corrected chi connectivity index (χ0v) is 10.8. The number of halogens is 1. The molecule has 0 fully saturated rings. The molecule has 0 amide bonds. The predicted octanol–water partition coefficient (Wildman–Crippen LogP) is 2.73. The van der Waals surface area contributed by atoms with Gasteiger partial charge in [0, 0.05) is 4.47 Å². The molecule has 0 heterocycles. The van der Waals surface area contributed by atoms with Crippen LogP contribution in [0.25, 0.3) is 0 Å². The Hall–Kier alpha value is -1.34. The Labute approximate surface area is 103 Å². The lowest BCUT2D eigenvalue weighted by molar-refractivity contribution is -0.142. The number of benzene rings is 1. The first-order valence-corrected chi connectivity index (χ1v) is 5.72. The number of carbonyl (C=O) groups excluding carboxylic acids is 1. The Morgan fingerprint density at radius 3 is 2.81 bits per heavy atom. The average Bonchev–Trinajstić information content (AvgIpc) is 2.24. The Kier molecular flexibility index (Phi) is 4.51. The molecule has 4 heteroatoms. The topological polar surface area (TPSA) is 50.1 Å². The molecule has 0 aliphatic heterocycles. The first kappa shape index (κ1) is 12.7. The Balaban J connectivity index is 3.00. The summed E-state index contributed by atoms with van der Waals surface area (Å²) in [6, 6.07) is 5.52. The van der Waals surface area contributed by atoms with E-state index < -0.39 is 0 Å². The van der Waals surface area contributed by atoms with E-state index in [0.717, 1.165) is 15.6 Å². The number of ether oxygens (including phenoxy) is 1. The van der Waals surface area contributed by atoms with Crippen molar-refractivity contribution in [1.29, 1.82) is 5.26 Å². The molecule has 0 N–H and O–H groups in total. The summed E-state index contributed by atoms with van der Waals surface area (Å²) < 4.78 is 5.72. The molecule has 0 radical (unpaired) electrons. The number of esters is 1. The van der Waals surface area contributed by atoms with Gasteiger partial charge in [0.15, 0.2) is 0 Å². The molecular weight excluding hydrogens is 270 g/mol. The zero-order chi connectivity index (χ0) is 12.1.